The highest BCUT2D eigenvalue weighted by Crippen LogP contribution is 2.47. The molecule has 100 valence electrons. The number of benzene rings is 1. The lowest BCUT2D eigenvalue weighted by Crippen LogP contribution is -2.01. The Morgan fingerprint density at radius 2 is 1.95 bits per heavy atom. The van der Waals surface area contributed by atoms with Crippen LogP contribution in [0.5, 0.6) is 0 Å². The Balaban J connectivity index is 2.58. The van der Waals surface area contributed by atoms with Gasteiger partial charge < -0.3 is 0 Å². The van der Waals surface area contributed by atoms with E-state index in [0.29, 0.717) is 5.88 Å². The summed E-state index contributed by atoms with van der Waals surface area (Å²) in [5, 5.41) is 0. The van der Waals surface area contributed by atoms with E-state index in [1.54, 1.807) is 0 Å². The Kier molecular flexibility index (Phi) is 5.35. The molecule has 2 heteroatoms. The van der Waals surface area contributed by atoms with Crippen LogP contribution in [0.15, 0.2) is 57.9 Å². The van der Waals surface area contributed by atoms with Crippen LogP contribution in [-0.2, 0) is 0 Å². The minimum atomic E-state index is 0.554. The van der Waals surface area contributed by atoms with Crippen LogP contribution in [-0.4, -0.2) is 5.88 Å². The van der Waals surface area contributed by atoms with Crippen LogP contribution in [0.4, 0.5) is 0 Å². The molecular weight excluding hydrogens is 272 g/mol. The topological polar surface area (TPSA) is 0 Å². The second kappa shape index (κ2) is 7.02. The lowest BCUT2D eigenvalue weighted by molar-refractivity contribution is 0.959. The third kappa shape index (κ3) is 3.16. The van der Waals surface area contributed by atoms with Gasteiger partial charge in [-0.05, 0) is 36.1 Å². The van der Waals surface area contributed by atoms with Crippen molar-refractivity contribution in [1.82, 2.24) is 0 Å². The van der Waals surface area contributed by atoms with Gasteiger partial charge in [0.25, 0.3) is 0 Å². The molecule has 0 spiro atoms. The van der Waals surface area contributed by atoms with Gasteiger partial charge in [-0.2, -0.15) is 0 Å². The first-order valence-electron chi connectivity index (χ1n) is 6.72. The van der Waals surface area contributed by atoms with Crippen LogP contribution in [0.3, 0.4) is 0 Å². The highest BCUT2D eigenvalue weighted by atomic mass is 35.5. The molecule has 0 bridgehead atoms. The molecule has 0 unspecified atom stereocenters. The predicted octanol–water partition coefficient (Wildman–Crippen LogP) is 6.04. The third-order valence-electron chi connectivity index (χ3n) is 3.13. The number of hydrogen-bond donors (Lipinski definition) is 0. The van der Waals surface area contributed by atoms with Gasteiger partial charge in [0.1, 0.15) is 0 Å². The molecule has 1 heterocycles. The molecule has 2 rings (SSSR count). The lowest BCUT2D eigenvalue weighted by atomic mass is 9.95. The average Bonchev–Trinajstić information content (AvgIpc) is 2.45. The summed E-state index contributed by atoms with van der Waals surface area (Å²) in [6.45, 7) is 4.30. The molecular formula is C17H19ClS. The van der Waals surface area contributed by atoms with Crippen LogP contribution in [0, 0.1) is 0 Å². The summed E-state index contributed by atoms with van der Waals surface area (Å²) in [5.74, 6) is 0.554. The molecule has 0 fully saturated rings. The van der Waals surface area contributed by atoms with Crippen LogP contribution in [0.25, 0.3) is 5.57 Å². The van der Waals surface area contributed by atoms with Crippen molar-refractivity contribution >= 4 is 28.9 Å². The standard InChI is InChI=1S/C17H19ClS/c1-3-5-8-13-14-9-6-7-10-17(14)19-16(4-2)15(13)11-12-18/h4,6-11H,3,5,12H2,1-2H3/b13-8+,15-11-,16-4+. The summed E-state index contributed by atoms with van der Waals surface area (Å²) in [7, 11) is 0. The molecule has 19 heavy (non-hydrogen) atoms. The van der Waals surface area contributed by atoms with Gasteiger partial charge in [0.2, 0.25) is 0 Å². The Morgan fingerprint density at radius 3 is 2.63 bits per heavy atom. The predicted molar refractivity (Wildman–Crippen MR) is 87.7 cm³/mol. The second-order valence-corrected chi connectivity index (χ2v) is 5.82. The summed E-state index contributed by atoms with van der Waals surface area (Å²) < 4.78 is 0. The molecule has 0 aliphatic carbocycles. The number of fused-ring (bicyclic) bond motifs is 1. The van der Waals surface area contributed by atoms with Gasteiger partial charge in [-0.15, -0.1) is 11.6 Å². The van der Waals surface area contributed by atoms with E-state index in [-0.39, 0.29) is 0 Å². The summed E-state index contributed by atoms with van der Waals surface area (Å²) in [6.07, 6.45) is 8.92. The van der Waals surface area contributed by atoms with E-state index in [1.807, 2.05) is 11.8 Å². The number of unbranched alkanes of at least 4 members (excludes halogenated alkanes) is 1. The zero-order valence-electron chi connectivity index (χ0n) is 11.4. The van der Waals surface area contributed by atoms with Crippen LogP contribution in [0.2, 0.25) is 0 Å². The fourth-order valence-electron chi connectivity index (χ4n) is 2.24. The molecule has 0 saturated heterocycles. The van der Waals surface area contributed by atoms with Gasteiger partial charge in [0, 0.05) is 15.7 Å². The minimum Gasteiger partial charge on any atom is -0.122 e. The number of hydrogen-bond acceptors (Lipinski definition) is 1. The molecule has 1 aromatic carbocycles. The van der Waals surface area contributed by atoms with E-state index >= 15 is 0 Å². The summed E-state index contributed by atoms with van der Waals surface area (Å²) in [6, 6.07) is 8.62. The quantitative estimate of drug-likeness (QED) is 0.611. The van der Waals surface area contributed by atoms with Crippen molar-refractivity contribution in [3.05, 3.63) is 58.5 Å². The van der Waals surface area contributed by atoms with E-state index in [9.17, 15) is 0 Å². The Morgan fingerprint density at radius 1 is 1.16 bits per heavy atom. The molecule has 0 nitrogen and oxygen atoms in total. The van der Waals surface area contributed by atoms with E-state index in [2.05, 4.69) is 56.3 Å². The fraction of sp³-hybridized carbons (Fsp3) is 0.294. The van der Waals surface area contributed by atoms with Gasteiger partial charge >= 0.3 is 0 Å². The van der Waals surface area contributed by atoms with Crippen LogP contribution >= 0.6 is 23.4 Å². The SMILES string of the molecule is C/C=C1/Sc2ccccc2C(=C\CCC)/C1=C/CCl. The van der Waals surface area contributed by atoms with Crippen molar-refractivity contribution in [2.75, 3.05) is 5.88 Å². The maximum Gasteiger partial charge on any atom is 0.0413 e. The zero-order chi connectivity index (χ0) is 13.7. The summed E-state index contributed by atoms with van der Waals surface area (Å²) in [5.41, 5.74) is 3.96. The first kappa shape index (κ1) is 14.5. The minimum absolute atomic E-state index is 0.554. The van der Waals surface area contributed by atoms with E-state index in [4.69, 9.17) is 11.6 Å². The Bertz CT molecular complexity index is 538. The first-order valence-corrected chi connectivity index (χ1v) is 8.07. The van der Waals surface area contributed by atoms with Crippen molar-refractivity contribution < 1.29 is 0 Å². The lowest BCUT2D eigenvalue weighted by Gasteiger charge is -2.24. The van der Waals surface area contributed by atoms with Crippen molar-refractivity contribution in [3.8, 4) is 0 Å². The summed E-state index contributed by atoms with van der Waals surface area (Å²) >= 11 is 7.78. The molecule has 0 radical (unpaired) electrons. The monoisotopic (exact) mass is 290 g/mol. The molecule has 0 aromatic heterocycles. The van der Waals surface area contributed by atoms with Gasteiger partial charge in [0.15, 0.2) is 0 Å². The Hall–Kier alpha value is -0.920. The molecule has 1 aliphatic heterocycles. The van der Waals surface area contributed by atoms with Crippen LogP contribution < -0.4 is 0 Å². The van der Waals surface area contributed by atoms with Crippen molar-refractivity contribution in [2.24, 2.45) is 0 Å². The van der Waals surface area contributed by atoms with E-state index in [0.717, 1.165) is 12.8 Å². The fourth-order valence-corrected chi connectivity index (χ4v) is 3.49. The molecule has 0 atom stereocenters. The number of allylic oxidation sites excluding steroid dienone is 5. The number of alkyl halides is 1. The van der Waals surface area contributed by atoms with Gasteiger partial charge in [-0.25, -0.2) is 0 Å². The highest BCUT2D eigenvalue weighted by Gasteiger charge is 2.21. The maximum absolute atomic E-state index is 5.94. The summed E-state index contributed by atoms with van der Waals surface area (Å²) in [4.78, 5) is 2.64. The van der Waals surface area contributed by atoms with Crippen molar-refractivity contribution in [1.29, 1.82) is 0 Å². The van der Waals surface area contributed by atoms with E-state index in [1.165, 1.54) is 26.5 Å². The maximum atomic E-state index is 5.94. The number of halogens is 1. The van der Waals surface area contributed by atoms with Gasteiger partial charge in [0.05, 0.1) is 0 Å². The number of rotatable bonds is 3. The smallest absolute Gasteiger partial charge is 0.0413 e. The first-order chi connectivity index (χ1) is 9.31. The second-order valence-electron chi connectivity index (χ2n) is 4.43. The third-order valence-corrected chi connectivity index (χ3v) is 4.54. The molecule has 0 amide bonds. The van der Waals surface area contributed by atoms with Gasteiger partial charge in [-0.1, -0.05) is 61.5 Å². The average molecular weight is 291 g/mol. The molecule has 1 aliphatic rings. The normalized spacial score (nSPS) is 21.1. The Labute approximate surface area is 125 Å². The van der Waals surface area contributed by atoms with Gasteiger partial charge in [-0.3, -0.25) is 0 Å². The zero-order valence-corrected chi connectivity index (χ0v) is 13.0. The number of thioether (sulfide) groups is 1. The highest BCUT2D eigenvalue weighted by molar-refractivity contribution is 8.03. The largest absolute Gasteiger partial charge is 0.122 e. The molecule has 0 saturated carbocycles. The van der Waals surface area contributed by atoms with E-state index < -0.39 is 0 Å². The van der Waals surface area contributed by atoms with Crippen molar-refractivity contribution in [3.63, 3.8) is 0 Å². The molecule has 0 N–H and O–H groups in total. The molecule has 1 aromatic rings. The van der Waals surface area contributed by atoms with Crippen LogP contribution in [0.1, 0.15) is 32.3 Å². The van der Waals surface area contributed by atoms with Crippen molar-refractivity contribution in [2.45, 2.75) is 31.6 Å².